The smallest absolute Gasteiger partial charge is 0.121 e. The molecule has 0 unspecified atom stereocenters. The summed E-state index contributed by atoms with van der Waals surface area (Å²) in [5.41, 5.74) is 8.02. The van der Waals surface area contributed by atoms with E-state index in [0.717, 1.165) is 17.1 Å². The van der Waals surface area contributed by atoms with E-state index in [9.17, 15) is 0 Å². The van der Waals surface area contributed by atoms with Gasteiger partial charge in [0.15, 0.2) is 0 Å². The quantitative estimate of drug-likeness (QED) is 0.779. The van der Waals surface area contributed by atoms with Gasteiger partial charge in [0.2, 0.25) is 0 Å². The Morgan fingerprint density at radius 2 is 1.88 bits per heavy atom. The second-order valence-corrected chi connectivity index (χ2v) is 4.61. The molecule has 0 spiro atoms. The summed E-state index contributed by atoms with van der Waals surface area (Å²) >= 11 is 0. The van der Waals surface area contributed by atoms with Crippen LogP contribution in [0.25, 0.3) is 0 Å². The lowest BCUT2D eigenvalue weighted by atomic mass is 10.2. The van der Waals surface area contributed by atoms with Crippen molar-refractivity contribution in [3.05, 3.63) is 18.2 Å². The van der Waals surface area contributed by atoms with Gasteiger partial charge in [-0.25, -0.2) is 0 Å². The third kappa shape index (κ3) is 1.82. The first-order valence-electron chi connectivity index (χ1n) is 5.85. The molecule has 0 bridgehead atoms. The van der Waals surface area contributed by atoms with Crippen molar-refractivity contribution in [1.29, 1.82) is 0 Å². The Balaban J connectivity index is 2.33. The lowest BCUT2D eigenvalue weighted by Crippen LogP contribution is -2.33. The van der Waals surface area contributed by atoms with Gasteiger partial charge in [0.05, 0.1) is 18.5 Å². The van der Waals surface area contributed by atoms with Crippen LogP contribution in [0.15, 0.2) is 18.2 Å². The number of hydrogen-bond donors (Lipinski definition) is 1. The number of nitrogens with two attached hydrogens (primary N) is 1. The fourth-order valence-corrected chi connectivity index (χ4v) is 2.56. The number of rotatable bonds is 2. The third-order valence-corrected chi connectivity index (χ3v) is 3.46. The molecule has 1 heterocycles. The molecule has 3 nitrogen and oxygen atoms in total. The molecule has 2 N–H and O–H groups in total. The number of hydrogen-bond acceptors (Lipinski definition) is 3. The molecule has 0 aliphatic carbocycles. The van der Waals surface area contributed by atoms with Crippen LogP contribution in [0.1, 0.15) is 26.7 Å². The van der Waals surface area contributed by atoms with Crippen molar-refractivity contribution in [2.45, 2.75) is 38.8 Å². The molecule has 0 aromatic heterocycles. The normalized spacial score (nSPS) is 24.8. The van der Waals surface area contributed by atoms with Gasteiger partial charge in [-0.2, -0.15) is 0 Å². The van der Waals surface area contributed by atoms with Gasteiger partial charge < -0.3 is 15.4 Å². The maximum Gasteiger partial charge on any atom is 0.121 e. The molecule has 1 aliphatic rings. The van der Waals surface area contributed by atoms with E-state index in [1.165, 1.54) is 12.8 Å². The Morgan fingerprint density at radius 3 is 2.38 bits per heavy atom. The van der Waals surface area contributed by atoms with E-state index < -0.39 is 0 Å². The number of ether oxygens (including phenoxy) is 1. The van der Waals surface area contributed by atoms with Gasteiger partial charge in [0.1, 0.15) is 5.75 Å². The van der Waals surface area contributed by atoms with Gasteiger partial charge in [0, 0.05) is 18.2 Å². The Morgan fingerprint density at radius 1 is 1.25 bits per heavy atom. The summed E-state index contributed by atoms with van der Waals surface area (Å²) in [6.45, 7) is 4.51. The number of nitrogen functional groups attached to an aromatic ring is 1. The summed E-state index contributed by atoms with van der Waals surface area (Å²) in [5.74, 6) is 0.820. The number of methoxy groups -OCH3 is 1. The SMILES string of the molecule is COc1ccc(N2[C@H](C)CC[C@H]2C)c(N)c1. The van der Waals surface area contributed by atoms with Crippen LogP contribution >= 0.6 is 0 Å². The Bertz CT molecular complexity index is 368. The molecule has 0 saturated carbocycles. The average Bonchev–Trinajstić information content (AvgIpc) is 2.59. The van der Waals surface area contributed by atoms with E-state index in [1.54, 1.807) is 7.11 Å². The van der Waals surface area contributed by atoms with Gasteiger partial charge in [-0.15, -0.1) is 0 Å². The van der Waals surface area contributed by atoms with Crippen LogP contribution in [-0.4, -0.2) is 19.2 Å². The fraction of sp³-hybridized carbons (Fsp3) is 0.538. The zero-order valence-electron chi connectivity index (χ0n) is 10.2. The summed E-state index contributed by atoms with van der Waals surface area (Å²) in [7, 11) is 1.66. The monoisotopic (exact) mass is 220 g/mol. The molecular weight excluding hydrogens is 200 g/mol. The van der Waals surface area contributed by atoms with Crippen LogP contribution in [0.5, 0.6) is 5.75 Å². The first kappa shape index (κ1) is 11.1. The standard InChI is InChI=1S/C13H20N2O/c1-9-4-5-10(2)15(9)13-7-6-11(16-3)8-12(13)14/h6-10H,4-5,14H2,1-3H3/t9-,10-/m1/s1. The van der Waals surface area contributed by atoms with Crippen molar-refractivity contribution in [2.24, 2.45) is 0 Å². The van der Waals surface area contributed by atoms with E-state index in [-0.39, 0.29) is 0 Å². The van der Waals surface area contributed by atoms with Crippen molar-refractivity contribution in [3.63, 3.8) is 0 Å². The Labute approximate surface area is 97.2 Å². The lowest BCUT2D eigenvalue weighted by Gasteiger charge is -2.30. The second kappa shape index (κ2) is 4.24. The topological polar surface area (TPSA) is 38.5 Å². The zero-order valence-corrected chi connectivity index (χ0v) is 10.2. The molecule has 2 rings (SSSR count). The molecule has 2 atom stereocenters. The number of benzene rings is 1. The highest BCUT2D eigenvalue weighted by Crippen LogP contribution is 2.35. The maximum absolute atomic E-state index is 6.08. The lowest BCUT2D eigenvalue weighted by molar-refractivity contribution is 0.415. The van der Waals surface area contributed by atoms with Gasteiger partial charge in [-0.1, -0.05) is 0 Å². The zero-order chi connectivity index (χ0) is 11.7. The van der Waals surface area contributed by atoms with Crippen LogP contribution < -0.4 is 15.4 Å². The van der Waals surface area contributed by atoms with E-state index in [4.69, 9.17) is 10.5 Å². The van der Waals surface area contributed by atoms with Crippen LogP contribution in [0.2, 0.25) is 0 Å². The third-order valence-electron chi connectivity index (χ3n) is 3.46. The molecule has 1 aliphatic heterocycles. The highest BCUT2D eigenvalue weighted by atomic mass is 16.5. The highest BCUT2D eigenvalue weighted by Gasteiger charge is 2.28. The van der Waals surface area contributed by atoms with Crippen molar-refractivity contribution in [1.82, 2.24) is 0 Å². The van der Waals surface area contributed by atoms with Gasteiger partial charge >= 0.3 is 0 Å². The minimum Gasteiger partial charge on any atom is -0.497 e. The van der Waals surface area contributed by atoms with Crippen LogP contribution in [0, 0.1) is 0 Å². The van der Waals surface area contributed by atoms with Gasteiger partial charge in [-0.3, -0.25) is 0 Å². The summed E-state index contributed by atoms with van der Waals surface area (Å²) < 4.78 is 5.17. The van der Waals surface area contributed by atoms with Crippen molar-refractivity contribution in [3.8, 4) is 5.75 Å². The maximum atomic E-state index is 6.08. The van der Waals surface area contributed by atoms with E-state index in [2.05, 4.69) is 24.8 Å². The van der Waals surface area contributed by atoms with Crippen LogP contribution in [0.4, 0.5) is 11.4 Å². The first-order chi connectivity index (χ1) is 7.63. The predicted octanol–water partition coefficient (Wildman–Crippen LogP) is 2.65. The van der Waals surface area contributed by atoms with Crippen molar-refractivity contribution >= 4 is 11.4 Å². The van der Waals surface area contributed by atoms with Crippen molar-refractivity contribution < 1.29 is 4.74 Å². The molecule has 16 heavy (non-hydrogen) atoms. The molecular formula is C13H20N2O. The fourth-order valence-electron chi connectivity index (χ4n) is 2.56. The number of anilines is 2. The first-order valence-corrected chi connectivity index (χ1v) is 5.85. The molecule has 0 radical (unpaired) electrons. The largest absolute Gasteiger partial charge is 0.497 e. The van der Waals surface area contributed by atoms with Crippen LogP contribution in [0.3, 0.4) is 0 Å². The summed E-state index contributed by atoms with van der Waals surface area (Å²) in [6, 6.07) is 7.08. The molecule has 1 aromatic carbocycles. The highest BCUT2D eigenvalue weighted by molar-refractivity contribution is 5.70. The predicted molar refractivity (Wildman–Crippen MR) is 68.0 cm³/mol. The average molecular weight is 220 g/mol. The summed E-state index contributed by atoms with van der Waals surface area (Å²) in [6.07, 6.45) is 2.49. The van der Waals surface area contributed by atoms with Gasteiger partial charge in [-0.05, 0) is 38.8 Å². The molecule has 88 valence electrons. The second-order valence-electron chi connectivity index (χ2n) is 4.61. The molecule has 0 amide bonds. The Kier molecular flexibility index (Phi) is 2.95. The molecule has 3 heteroatoms. The summed E-state index contributed by atoms with van der Waals surface area (Å²) in [4.78, 5) is 2.41. The van der Waals surface area contributed by atoms with Crippen LogP contribution in [-0.2, 0) is 0 Å². The minimum absolute atomic E-state index is 0.575. The van der Waals surface area contributed by atoms with E-state index in [0.29, 0.717) is 12.1 Å². The van der Waals surface area contributed by atoms with Crippen molar-refractivity contribution in [2.75, 3.05) is 17.7 Å². The minimum atomic E-state index is 0.575. The summed E-state index contributed by atoms with van der Waals surface area (Å²) in [5, 5.41) is 0. The van der Waals surface area contributed by atoms with E-state index >= 15 is 0 Å². The molecule has 1 saturated heterocycles. The van der Waals surface area contributed by atoms with E-state index in [1.807, 2.05) is 12.1 Å². The molecule has 1 aromatic rings. The van der Waals surface area contributed by atoms with Gasteiger partial charge in [0.25, 0.3) is 0 Å². The Hall–Kier alpha value is -1.38. The number of nitrogens with zero attached hydrogens (tertiary/aromatic N) is 1. The molecule has 1 fully saturated rings.